The molecule has 0 amide bonds. The number of imidazole rings is 1. The van der Waals surface area contributed by atoms with Crippen LogP contribution in [0.4, 0.5) is 0 Å². The van der Waals surface area contributed by atoms with Crippen molar-refractivity contribution in [2.45, 2.75) is 124 Å². The molecule has 0 aliphatic rings. The second-order valence-electron chi connectivity index (χ2n) is 21.8. The summed E-state index contributed by atoms with van der Waals surface area (Å²) in [6.45, 7) is 28.9. The summed E-state index contributed by atoms with van der Waals surface area (Å²) < 4.78 is 47.3. The van der Waals surface area contributed by atoms with Crippen LogP contribution < -0.4 is 0 Å². The summed E-state index contributed by atoms with van der Waals surface area (Å²) in [5.41, 5.74) is 11.2. The monoisotopic (exact) mass is 1060 g/mol. The maximum Gasteiger partial charge on any atom is 0.148 e. The zero-order valence-corrected chi connectivity index (χ0v) is 43.3. The Labute approximate surface area is 415 Å². The standard InChI is InChI=1S/C61H66N3O.Pt/c1-38(2)41-25-28-53(49(34-41)40-19-16-15-17-20-40)64-54-22-18-21-48(55(54)63-57(64)50-36-47(60(9,10)11)37-51(56(50)65)61(12,13)14)43-31-44(33-46(32-43)59(6,7)8)52-35-42(29-30-62-52)39-23-26-45(27-24-39)58(3,4)5;/h15-30,32-38,65H,1-14H3;/q-1;/i23D,24D,26D,27D,38D;. The van der Waals surface area contributed by atoms with Gasteiger partial charge >= 0.3 is 0 Å². The molecule has 4 nitrogen and oxygen atoms in total. The zero-order valence-electron chi connectivity index (χ0n) is 46.0. The van der Waals surface area contributed by atoms with Crippen LogP contribution in [-0.2, 0) is 42.7 Å². The van der Waals surface area contributed by atoms with E-state index in [2.05, 4.69) is 134 Å². The summed E-state index contributed by atoms with van der Waals surface area (Å²) in [6, 6.07) is 38.1. The molecule has 0 saturated carbocycles. The average molecular weight is 1060 g/mol. The first-order valence-electron chi connectivity index (χ1n) is 25.2. The first-order chi connectivity index (χ1) is 32.5. The van der Waals surface area contributed by atoms with Gasteiger partial charge < -0.3 is 5.11 Å². The molecular weight excluding hydrogens is 986 g/mol. The third kappa shape index (κ3) is 9.63. The maximum absolute atomic E-state index is 12.6. The topological polar surface area (TPSA) is 50.9 Å². The number of aromatic hydroxyl groups is 1. The van der Waals surface area contributed by atoms with Gasteiger partial charge in [-0.1, -0.05) is 193 Å². The van der Waals surface area contributed by atoms with Crippen LogP contribution in [-0.4, -0.2) is 19.6 Å². The number of hydrogen-bond donors (Lipinski definition) is 1. The van der Waals surface area contributed by atoms with E-state index in [0.717, 1.165) is 55.7 Å². The molecule has 1 N–H and O–H groups in total. The van der Waals surface area contributed by atoms with Gasteiger partial charge in [-0.15, -0.1) is 29.3 Å². The average Bonchev–Trinajstić information content (AvgIpc) is 3.66. The van der Waals surface area contributed by atoms with Crippen molar-refractivity contribution in [3.05, 3.63) is 167 Å². The SMILES string of the molecule is [2H]c1c([2H])c(C(C)(C)C)c([2H])c([2H])c1-c1ccnc(-c2[c-]c(-c3cccc4c3nc(-c3cc(C(C)(C)C)cc(C(C)(C)C)c3O)n4-c3ccc(C([2H])(C)C)cc3-c3ccccc3)cc(C(C)(C)C)c2)c1.[Pt]. The Kier molecular flexibility index (Phi) is 11.4. The minimum absolute atomic E-state index is 0. The van der Waals surface area contributed by atoms with Gasteiger partial charge in [-0.05, 0) is 91.3 Å². The summed E-state index contributed by atoms with van der Waals surface area (Å²) in [5.74, 6) is -0.117. The van der Waals surface area contributed by atoms with Crippen molar-refractivity contribution in [1.82, 2.24) is 14.5 Å². The molecule has 66 heavy (non-hydrogen) atoms. The van der Waals surface area contributed by atoms with Crippen molar-refractivity contribution in [2.24, 2.45) is 0 Å². The van der Waals surface area contributed by atoms with Gasteiger partial charge in [-0.3, -0.25) is 9.55 Å². The molecule has 6 aromatic carbocycles. The molecule has 2 heterocycles. The van der Waals surface area contributed by atoms with Crippen LogP contribution in [0.5, 0.6) is 5.75 Å². The molecule has 5 heteroatoms. The van der Waals surface area contributed by atoms with Crippen LogP contribution in [0.3, 0.4) is 0 Å². The van der Waals surface area contributed by atoms with E-state index < -0.39 is 16.7 Å². The predicted octanol–water partition coefficient (Wildman–Crippen LogP) is 16.6. The van der Waals surface area contributed by atoms with Crippen LogP contribution in [0.25, 0.3) is 72.7 Å². The Morgan fingerprint density at radius 2 is 1.23 bits per heavy atom. The molecular formula is C61H66N3OPt-. The summed E-state index contributed by atoms with van der Waals surface area (Å²) >= 11 is 0. The van der Waals surface area contributed by atoms with E-state index in [1.165, 1.54) is 0 Å². The van der Waals surface area contributed by atoms with E-state index in [4.69, 9.17) is 16.8 Å². The number of hydrogen-bond acceptors (Lipinski definition) is 3. The number of benzene rings is 6. The molecule has 8 rings (SSSR count). The Hall–Kier alpha value is -5.57. The normalized spacial score (nSPS) is 13.7. The van der Waals surface area contributed by atoms with Crippen LogP contribution in [0.15, 0.2) is 133 Å². The van der Waals surface area contributed by atoms with Gasteiger partial charge in [0.1, 0.15) is 11.6 Å². The van der Waals surface area contributed by atoms with E-state index in [1.54, 1.807) is 12.3 Å². The molecule has 0 aliphatic carbocycles. The van der Waals surface area contributed by atoms with Crippen LogP contribution in [0.1, 0.15) is 137 Å². The second-order valence-corrected chi connectivity index (χ2v) is 21.8. The van der Waals surface area contributed by atoms with Gasteiger partial charge in [0.25, 0.3) is 0 Å². The summed E-state index contributed by atoms with van der Waals surface area (Å²) in [6.07, 6.45) is 1.65. The number of phenolic OH excluding ortho intramolecular Hbond substituents is 1. The van der Waals surface area contributed by atoms with E-state index in [1.807, 2.05) is 71.0 Å². The van der Waals surface area contributed by atoms with Crippen LogP contribution in [0.2, 0.25) is 0 Å². The van der Waals surface area contributed by atoms with Crippen molar-refractivity contribution < 1.29 is 33.0 Å². The molecule has 8 aromatic rings. The van der Waals surface area contributed by atoms with Crippen molar-refractivity contribution in [3.8, 4) is 67.5 Å². The zero-order chi connectivity index (χ0) is 51.2. The van der Waals surface area contributed by atoms with Crippen LogP contribution in [0, 0.1) is 6.07 Å². The molecule has 0 fully saturated rings. The van der Waals surface area contributed by atoms with Gasteiger partial charge in [0, 0.05) is 45.5 Å². The predicted molar refractivity (Wildman–Crippen MR) is 275 cm³/mol. The number of phenols is 1. The van der Waals surface area contributed by atoms with Crippen molar-refractivity contribution in [3.63, 3.8) is 0 Å². The van der Waals surface area contributed by atoms with Crippen LogP contribution >= 0.6 is 0 Å². The van der Waals surface area contributed by atoms with E-state index >= 15 is 0 Å². The maximum atomic E-state index is 12.6. The quantitative estimate of drug-likeness (QED) is 0.162. The van der Waals surface area contributed by atoms with E-state index in [9.17, 15) is 5.11 Å². The number of rotatable bonds is 7. The van der Waals surface area contributed by atoms with E-state index in [-0.39, 0.29) is 67.4 Å². The molecule has 342 valence electrons. The first-order valence-corrected chi connectivity index (χ1v) is 22.7. The Balaban J connectivity index is 0.00000741. The smallest absolute Gasteiger partial charge is 0.148 e. The van der Waals surface area contributed by atoms with Gasteiger partial charge in [-0.25, -0.2) is 4.98 Å². The Morgan fingerprint density at radius 1 is 0.591 bits per heavy atom. The molecule has 0 spiro atoms. The van der Waals surface area contributed by atoms with Gasteiger partial charge in [-0.2, -0.15) is 0 Å². The Bertz CT molecular complexity index is 3310. The second kappa shape index (κ2) is 17.9. The molecule has 0 aliphatic heterocycles. The molecule has 0 bridgehead atoms. The number of pyridine rings is 1. The van der Waals surface area contributed by atoms with Crippen molar-refractivity contribution in [1.29, 1.82) is 0 Å². The van der Waals surface area contributed by atoms with Gasteiger partial charge in [0.15, 0.2) is 0 Å². The molecule has 0 saturated heterocycles. The fourth-order valence-corrected chi connectivity index (χ4v) is 8.29. The van der Waals surface area contributed by atoms with Gasteiger partial charge in [0.05, 0.1) is 27.8 Å². The number of nitrogens with zero attached hydrogens (tertiary/aromatic N) is 3. The minimum atomic E-state index is -0.866. The number of para-hydroxylation sites is 1. The molecule has 0 unspecified atom stereocenters. The molecule has 0 atom stereocenters. The first kappa shape index (κ1) is 41.8. The van der Waals surface area contributed by atoms with E-state index in [0.29, 0.717) is 39.3 Å². The third-order valence-electron chi connectivity index (χ3n) is 12.3. The summed E-state index contributed by atoms with van der Waals surface area (Å²) in [4.78, 5) is 10.4. The fraction of sp³-hybridized carbons (Fsp3) is 0.311. The molecule has 0 radical (unpaired) electrons. The number of fused-ring (bicyclic) bond motifs is 1. The summed E-state index contributed by atoms with van der Waals surface area (Å²) in [7, 11) is 0. The van der Waals surface area contributed by atoms with Gasteiger partial charge in [0.2, 0.25) is 0 Å². The third-order valence-corrected chi connectivity index (χ3v) is 12.3. The fourth-order valence-electron chi connectivity index (χ4n) is 8.29. The largest absolute Gasteiger partial charge is 0.507 e. The summed E-state index contributed by atoms with van der Waals surface area (Å²) in [5, 5.41) is 12.6. The number of aromatic nitrogens is 3. The molecule has 2 aromatic heterocycles. The van der Waals surface area contributed by atoms with Crippen molar-refractivity contribution >= 4 is 11.0 Å². The Morgan fingerprint density at radius 3 is 1.85 bits per heavy atom. The minimum Gasteiger partial charge on any atom is -0.507 e. The van der Waals surface area contributed by atoms with Crippen molar-refractivity contribution in [2.75, 3.05) is 0 Å².